The molecule has 9 heteroatoms. The van der Waals surface area contributed by atoms with Crippen LogP contribution in [0.5, 0.6) is 5.75 Å². The number of likely N-dealkylation sites (N-methyl/N-ethyl adjacent to an activating group) is 1. The van der Waals surface area contributed by atoms with Crippen molar-refractivity contribution in [2.45, 2.75) is 24.3 Å². The molecule has 0 bridgehead atoms. The van der Waals surface area contributed by atoms with Crippen LogP contribution in [0.4, 0.5) is 13.2 Å². The zero-order chi connectivity index (χ0) is 16.5. The van der Waals surface area contributed by atoms with Crippen LogP contribution < -0.4 is 4.18 Å². The molecule has 1 heterocycles. The summed E-state index contributed by atoms with van der Waals surface area (Å²) in [5.41, 5.74) is -4.86. The molecule has 1 aromatic rings. The first-order valence-corrected chi connectivity index (χ1v) is 7.88. The zero-order valence-corrected chi connectivity index (χ0v) is 12.4. The third-order valence-corrected chi connectivity index (χ3v) is 4.41. The van der Waals surface area contributed by atoms with E-state index in [-0.39, 0.29) is 11.8 Å². The summed E-state index contributed by atoms with van der Waals surface area (Å²) in [5, 5.41) is 0. The Labute approximate surface area is 125 Å². The Morgan fingerprint density at radius 3 is 2.36 bits per heavy atom. The number of amides is 1. The molecule has 2 rings (SSSR count). The van der Waals surface area contributed by atoms with Gasteiger partial charge in [0, 0.05) is 13.6 Å². The Hall–Kier alpha value is -1.77. The molecule has 1 aliphatic rings. The van der Waals surface area contributed by atoms with Crippen LogP contribution in [0, 0.1) is 0 Å². The summed E-state index contributed by atoms with van der Waals surface area (Å²) in [6.07, 6.45) is 1.47. The predicted molar refractivity (Wildman–Crippen MR) is 71.7 cm³/mol. The Balaban J connectivity index is 2.16. The van der Waals surface area contributed by atoms with Crippen molar-refractivity contribution in [2.75, 3.05) is 13.6 Å². The molecule has 0 spiro atoms. The average molecular weight is 337 g/mol. The van der Waals surface area contributed by atoms with E-state index in [1.54, 1.807) is 11.9 Å². The van der Waals surface area contributed by atoms with Crippen LogP contribution in [-0.2, 0) is 14.9 Å². The lowest BCUT2D eigenvalue weighted by Crippen LogP contribution is -2.36. The van der Waals surface area contributed by atoms with Gasteiger partial charge in [-0.1, -0.05) is 12.1 Å². The van der Waals surface area contributed by atoms with E-state index in [1.807, 2.05) is 0 Å². The number of hydrogen-bond donors (Lipinski definition) is 0. The van der Waals surface area contributed by atoms with Crippen LogP contribution >= 0.6 is 0 Å². The fraction of sp³-hybridized carbons (Fsp3) is 0.462. The third-order valence-electron chi connectivity index (χ3n) is 3.43. The highest BCUT2D eigenvalue weighted by atomic mass is 32.2. The predicted octanol–water partition coefficient (Wildman–Crippen LogP) is 2.25. The molecule has 22 heavy (non-hydrogen) atoms. The summed E-state index contributed by atoms with van der Waals surface area (Å²) >= 11 is 0. The van der Waals surface area contributed by atoms with E-state index < -0.39 is 21.4 Å². The summed E-state index contributed by atoms with van der Waals surface area (Å²) in [7, 11) is -4.00. The number of nitrogens with zero attached hydrogens (tertiary/aromatic N) is 1. The smallest absolute Gasteiger partial charge is 0.376 e. The van der Waals surface area contributed by atoms with Crippen LogP contribution in [0.2, 0.25) is 0 Å². The number of carbonyl (C=O) groups is 1. The second-order valence-electron chi connectivity index (χ2n) is 5.01. The topological polar surface area (TPSA) is 63.7 Å². The van der Waals surface area contributed by atoms with Gasteiger partial charge in [0.15, 0.2) is 0 Å². The molecule has 0 radical (unpaired) electrons. The van der Waals surface area contributed by atoms with Gasteiger partial charge in [-0.15, -0.1) is 0 Å². The molecule has 1 aromatic carbocycles. The van der Waals surface area contributed by atoms with Crippen LogP contribution in [0.15, 0.2) is 24.3 Å². The fourth-order valence-electron chi connectivity index (χ4n) is 2.27. The van der Waals surface area contributed by atoms with Crippen molar-refractivity contribution in [3.63, 3.8) is 0 Å². The number of benzene rings is 1. The molecule has 122 valence electrons. The SMILES string of the molecule is CN1CCC[C@H](c2ccc(OS(=O)(=O)C(F)(F)F)cc2)C1=O. The van der Waals surface area contributed by atoms with Gasteiger partial charge in [0.25, 0.3) is 0 Å². The Bertz CT molecular complexity index is 655. The number of alkyl halides is 3. The number of rotatable bonds is 3. The molecule has 1 saturated heterocycles. The monoisotopic (exact) mass is 337 g/mol. The fourth-order valence-corrected chi connectivity index (χ4v) is 2.73. The number of hydrogen-bond acceptors (Lipinski definition) is 4. The standard InChI is InChI=1S/C13H14F3NO4S/c1-17-8-2-3-11(12(17)18)9-4-6-10(7-5-9)21-22(19,20)13(14,15)16/h4-7,11H,2-3,8H2,1H3/t11-/m1/s1. The third kappa shape index (κ3) is 3.34. The van der Waals surface area contributed by atoms with Crippen molar-refractivity contribution >= 4 is 16.0 Å². The maximum Gasteiger partial charge on any atom is 0.534 e. The Morgan fingerprint density at radius 2 is 1.82 bits per heavy atom. The maximum atomic E-state index is 12.2. The van der Waals surface area contributed by atoms with Crippen LogP contribution in [0.1, 0.15) is 24.3 Å². The average Bonchev–Trinajstić information content (AvgIpc) is 2.41. The second kappa shape index (κ2) is 5.79. The summed E-state index contributed by atoms with van der Waals surface area (Å²) in [5.74, 6) is -0.882. The summed E-state index contributed by atoms with van der Waals surface area (Å²) in [4.78, 5) is 13.6. The number of likely N-dealkylation sites (tertiary alicyclic amines) is 1. The molecule has 1 atom stereocenters. The highest BCUT2D eigenvalue weighted by Crippen LogP contribution is 2.30. The minimum absolute atomic E-state index is 0.0668. The zero-order valence-electron chi connectivity index (χ0n) is 11.6. The largest absolute Gasteiger partial charge is 0.534 e. The number of halogens is 3. The molecule has 0 unspecified atom stereocenters. The van der Waals surface area contributed by atoms with E-state index in [4.69, 9.17) is 0 Å². The lowest BCUT2D eigenvalue weighted by molar-refractivity contribution is -0.133. The Kier molecular flexibility index (Phi) is 4.37. The highest BCUT2D eigenvalue weighted by molar-refractivity contribution is 7.87. The van der Waals surface area contributed by atoms with Gasteiger partial charge in [0.2, 0.25) is 5.91 Å². The quantitative estimate of drug-likeness (QED) is 0.627. The van der Waals surface area contributed by atoms with E-state index in [0.717, 1.165) is 18.6 Å². The van der Waals surface area contributed by atoms with Crippen LogP contribution in [-0.4, -0.2) is 38.3 Å². The Morgan fingerprint density at radius 1 is 1.23 bits per heavy atom. The molecule has 1 aliphatic heterocycles. The van der Waals surface area contributed by atoms with Gasteiger partial charge < -0.3 is 9.08 Å². The first-order valence-electron chi connectivity index (χ1n) is 6.47. The summed E-state index contributed by atoms with van der Waals surface area (Å²) in [6.45, 7) is 0.667. The van der Waals surface area contributed by atoms with Crippen molar-refractivity contribution in [2.24, 2.45) is 0 Å². The van der Waals surface area contributed by atoms with Gasteiger partial charge in [-0.25, -0.2) is 0 Å². The summed E-state index contributed by atoms with van der Waals surface area (Å²) in [6, 6.07) is 5.03. The van der Waals surface area contributed by atoms with E-state index in [0.29, 0.717) is 18.5 Å². The normalized spacial score (nSPS) is 20.1. The maximum absolute atomic E-state index is 12.2. The number of carbonyl (C=O) groups excluding carboxylic acids is 1. The van der Waals surface area contributed by atoms with Crippen molar-refractivity contribution in [3.05, 3.63) is 29.8 Å². The minimum Gasteiger partial charge on any atom is -0.376 e. The minimum atomic E-state index is -5.68. The van der Waals surface area contributed by atoms with Gasteiger partial charge >= 0.3 is 15.6 Å². The molecule has 0 aliphatic carbocycles. The van der Waals surface area contributed by atoms with Gasteiger partial charge in [0.05, 0.1) is 5.92 Å². The molecular weight excluding hydrogens is 323 g/mol. The van der Waals surface area contributed by atoms with Gasteiger partial charge in [-0.05, 0) is 30.5 Å². The van der Waals surface area contributed by atoms with Crippen molar-refractivity contribution in [1.82, 2.24) is 4.90 Å². The van der Waals surface area contributed by atoms with Crippen molar-refractivity contribution < 1.29 is 30.6 Å². The molecule has 1 amide bonds. The van der Waals surface area contributed by atoms with Crippen LogP contribution in [0.25, 0.3) is 0 Å². The van der Waals surface area contributed by atoms with Gasteiger partial charge in [-0.3, -0.25) is 4.79 Å². The van der Waals surface area contributed by atoms with E-state index in [2.05, 4.69) is 4.18 Å². The van der Waals surface area contributed by atoms with Crippen molar-refractivity contribution in [3.8, 4) is 5.75 Å². The molecule has 0 aromatic heterocycles. The van der Waals surface area contributed by atoms with E-state index in [1.165, 1.54) is 12.1 Å². The van der Waals surface area contributed by atoms with Crippen LogP contribution in [0.3, 0.4) is 0 Å². The molecular formula is C13H14F3NO4S. The first kappa shape index (κ1) is 16.6. The lowest BCUT2D eigenvalue weighted by atomic mass is 9.90. The van der Waals surface area contributed by atoms with Gasteiger partial charge in [0.1, 0.15) is 5.75 Å². The first-order chi connectivity index (χ1) is 10.1. The molecule has 1 fully saturated rings. The lowest BCUT2D eigenvalue weighted by Gasteiger charge is -2.29. The highest BCUT2D eigenvalue weighted by Gasteiger charge is 2.48. The molecule has 0 saturated carbocycles. The summed E-state index contributed by atoms with van der Waals surface area (Å²) < 4.78 is 62.5. The second-order valence-corrected chi connectivity index (χ2v) is 6.54. The van der Waals surface area contributed by atoms with E-state index in [9.17, 15) is 26.4 Å². The van der Waals surface area contributed by atoms with Gasteiger partial charge in [-0.2, -0.15) is 21.6 Å². The molecule has 0 N–H and O–H groups in total. The molecule has 5 nitrogen and oxygen atoms in total. The number of piperidine rings is 1. The van der Waals surface area contributed by atoms with E-state index >= 15 is 0 Å². The van der Waals surface area contributed by atoms with Crippen molar-refractivity contribution in [1.29, 1.82) is 0 Å².